The van der Waals surface area contributed by atoms with Gasteiger partial charge in [0.15, 0.2) is 0 Å². The molecule has 1 aromatic carbocycles. The number of aliphatic carboxylic acids is 1. The maximum atomic E-state index is 11.7. The number of carboxylic acid groups (broad SMARTS) is 1. The second-order valence-electron chi connectivity index (χ2n) is 7.35. The van der Waals surface area contributed by atoms with Gasteiger partial charge in [-0.2, -0.15) is 0 Å². The SMILES string of the molecule is Cc1ccc2c(N=C3CCCCC3C(=O)O)c3c(nc2c1)CCCC3. The first-order chi connectivity index (χ1) is 12.1. The number of aliphatic imine (C=N–C) groups is 1. The molecule has 2 aliphatic rings. The van der Waals surface area contributed by atoms with E-state index in [1.165, 1.54) is 17.5 Å². The average Bonchev–Trinajstić information content (AvgIpc) is 2.61. The third kappa shape index (κ3) is 3.06. The largest absolute Gasteiger partial charge is 0.481 e. The molecule has 0 aliphatic heterocycles. The standard InChI is InChI=1S/C21H24N2O2/c1-13-10-11-15-19(12-13)22-17-8-4-2-6-14(17)20(15)23-18-9-5-3-7-16(18)21(24)25/h10-12,16H,2-9H2,1H3,(H,24,25). The molecule has 0 spiro atoms. The van der Waals surface area contributed by atoms with E-state index in [-0.39, 0.29) is 0 Å². The molecule has 0 radical (unpaired) electrons. The van der Waals surface area contributed by atoms with Gasteiger partial charge in [-0.25, -0.2) is 0 Å². The fourth-order valence-electron chi connectivity index (χ4n) is 4.18. The van der Waals surface area contributed by atoms with Crippen LogP contribution in [0.3, 0.4) is 0 Å². The van der Waals surface area contributed by atoms with Crippen molar-refractivity contribution in [3.63, 3.8) is 0 Å². The van der Waals surface area contributed by atoms with Gasteiger partial charge in [-0.05, 0) is 69.1 Å². The first-order valence-corrected chi connectivity index (χ1v) is 9.36. The zero-order valence-corrected chi connectivity index (χ0v) is 14.7. The molecule has 1 atom stereocenters. The van der Waals surface area contributed by atoms with E-state index in [1.54, 1.807) is 0 Å². The summed E-state index contributed by atoms with van der Waals surface area (Å²) in [7, 11) is 0. The normalized spacial score (nSPS) is 22.1. The highest BCUT2D eigenvalue weighted by atomic mass is 16.4. The lowest BCUT2D eigenvalue weighted by Gasteiger charge is -2.23. The highest BCUT2D eigenvalue weighted by Gasteiger charge is 2.28. The predicted molar refractivity (Wildman–Crippen MR) is 99.8 cm³/mol. The quantitative estimate of drug-likeness (QED) is 0.859. The Morgan fingerprint density at radius 2 is 1.96 bits per heavy atom. The van der Waals surface area contributed by atoms with E-state index < -0.39 is 11.9 Å². The fraction of sp³-hybridized carbons (Fsp3) is 0.476. The summed E-state index contributed by atoms with van der Waals surface area (Å²) in [5.74, 6) is -1.16. The van der Waals surface area contributed by atoms with Gasteiger partial charge in [0, 0.05) is 16.8 Å². The van der Waals surface area contributed by atoms with Crippen LogP contribution in [0.15, 0.2) is 23.2 Å². The summed E-state index contributed by atoms with van der Waals surface area (Å²) in [6, 6.07) is 6.31. The van der Waals surface area contributed by atoms with Crippen molar-refractivity contribution in [1.29, 1.82) is 0 Å². The number of benzene rings is 1. The molecule has 1 heterocycles. The van der Waals surface area contributed by atoms with E-state index >= 15 is 0 Å². The summed E-state index contributed by atoms with van der Waals surface area (Å²) in [6.45, 7) is 2.08. The summed E-state index contributed by atoms with van der Waals surface area (Å²) in [5.41, 5.74) is 6.41. The van der Waals surface area contributed by atoms with Gasteiger partial charge >= 0.3 is 5.97 Å². The fourth-order valence-corrected chi connectivity index (χ4v) is 4.18. The summed E-state index contributed by atoms with van der Waals surface area (Å²) in [5, 5.41) is 10.6. The molecule has 4 rings (SSSR count). The highest BCUT2D eigenvalue weighted by molar-refractivity contribution is 6.05. The number of aromatic nitrogens is 1. The Bertz CT molecular complexity index is 870. The number of carbonyl (C=O) groups is 1. The van der Waals surface area contributed by atoms with Crippen LogP contribution in [0.1, 0.15) is 55.3 Å². The van der Waals surface area contributed by atoms with Gasteiger partial charge in [-0.1, -0.05) is 18.6 Å². The zero-order valence-electron chi connectivity index (χ0n) is 14.7. The minimum Gasteiger partial charge on any atom is -0.481 e. The Morgan fingerprint density at radius 1 is 1.16 bits per heavy atom. The Morgan fingerprint density at radius 3 is 2.80 bits per heavy atom. The number of carboxylic acids is 1. The summed E-state index contributed by atoms with van der Waals surface area (Å²) in [6.07, 6.45) is 7.84. The maximum Gasteiger partial charge on any atom is 0.312 e. The predicted octanol–water partition coefficient (Wildman–Crippen LogP) is 4.77. The van der Waals surface area contributed by atoms with Crippen LogP contribution >= 0.6 is 0 Å². The Hall–Kier alpha value is -2.23. The number of hydrogen-bond donors (Lipinski definition) is 1. The first-order valence-electron chi connectivity index (χ1n) is 9.36. The highest BCUT2D eigenvalue weighted by Crippen LogP contribution is 2.37. The topological polar surface area (TPSA) is 62.5 Å². The summed E-state index contributed by atoms with van der Waals surface area (Å²) >= 11 is 0. The van der Waals surface area contributed by atoms with Crippen molar-refractivity contribution in [1.82, 2.24) is 4.98 Å². The molecule has 4 nitrogen and oxygen atoms in total. The first kappa shape index (κ1) is 16.2. The van der Waals surface area contributed by atoms with Crippen LogP contribution in [0.2, 0.25) is 0 Å². The van der Waals surface area contributed by atoms with Crippen molar-refractivity contribution >= 4 is 28.3 Å². The molecule has 1 unspecified atom stereocenters. The molecular weight excluding hydrogens is 312 g/mol. The minimum absolute atomic E-state index is 0.429. The molecule has 130 valence electrons. The van der Waals surface area contributed by atoms with Gasteiger partial charge in [0.1, 0.15) is 0 Å². The number of pyridine rings is 1. The number of aryl methyl sites for hydroxylation is 2. The molecule has 1 N–H and O–H groups in total. The minimum atomic E-state index is -0.735. The lowest BCUT2D eigenvalue weighted by atomic mass is 9.86. The molecule has 2 aliphatic carbocycles. The molecule has 25 heavy (non-hydrogen) atoms. The molecule has 1 aromatic heterocycles. The lowest BCUT2D eigenvalue weighted by molar-refractivity contribution is -0.139. The Balaban J connectivity index is 1.93. The van der Waals surface area contributed by atoms with Gasteiger partial charge in [0.2, 0.25) is 0 Å². The van der Waals surface area contributed by atoms with Crippen molar-refractivity contribution in [2.75, 3.05) is 0 Å². The van der Waals surface area contributed by atoms with E-state index in [1.807, 2.05) is 0 Å². The van der Waals surface area contributed by atoms with Crippen molar-refractivity contribution in [3.05, 3.63) is 35.0 Å². The third-order valence-corrected chi connectivity index (χ3v) is 5.52. The van der Waals surface area contributed by atoms with Crippen LogP contribution in [-0.2, 0) is 17.6 Å². The lowest BCUT2D eigenvalue weighted by Crippen LogP contribution is -2.27. The van der Waals surface area contributed by atoms with Crippen molar-refractivity contribution in [2.45, 2.75) is 58.3 Å². The summed E-state index contributed by atoms with van der Waals surface area (Å²) in [4.78, 5) is 21.5. The molecule has 1 saturated carbocycles. The van der Waals surface area contributed by atoms with Gasteiger partial charge in [0.05, 0.1) is 17.1 Å². The van der Waals surface area contributed by atoms with E-state index in [0.29, 0.717) is 6.42 Å². The van der Waals surface area contributed by atoms with Crippen LogP contribution in [0.5, 0.6) is 0 Å². The van der Waals surface area contributed by atoms with E-state index in [2.05, 4.69) is 25.1 Å². The second kappa shape index (κ2) is 6.58. The van der Waals surface area contributed by atoms with Crippen LogP contribution in [0, 0.1) is 12.8 Å². The number of nitrogens with zero attached hydrogens (tertiary/aromatic N) is 2. The Labute approximate surface area is 148 Å². The summed E-state index contributed by atoms with van der Waals surface area (Å²) < 4.78 is 0. The molecule has 1 fully saturated rings. The third-order valence-electron chi connectivity index (χ3n) is 5.52. The van der Waals surface area contributed by atoms with Crippen LogP contribution < -0.4 is 0 Å². The van der Waals surface area contributed by atoms with Gasteiger partial charge < -0.3 is 5.11 Å². The van der Waals surface area contributed by atoms with Crippen molar-refractivity contribution in [3.8, 4) is 0 Å². The molecule has 0 amide bonds. The van der Waals surface area contributed by atoms with E-state index in [4.69, 9.17) is 9.98 Å². The van der Waals surface area contributed by atoms with E-state index in [9.17, 15) is 9.90 Å². The van der Waals surface area contributed by atoms with Crippen molar-refractivity contribution in [2.24, 2.45) is 10.9 Å². The average molecular weight is 336 g/mol. The molecule has 0 bridgehead atoms. The number of rotatable bonds is 2. The monoisotopic (exact) mass is 336 g/mol. The maximum absolute atomic E-state index is 11.7. The van der Waals surface area contributed by atoms with Crippen LogP contribution in [0.25, 0.3) is 10.9 Å². The molecular formula is C21H24N2O2. The van der Waals surface area contributed by atoms with Gasteiger partial charge in [-0.15, -0.1) is 0 Å². The number of fused-ring (bicyclic) bond motifs is 2. The Kier molecular flexibility index (Phi) is 4.28. The van der Waals surface area contributed by atoms with Gasteiger partial charge in [-0.3, -0.25) is 14.8 Å². The van der Waals surface area contributed by atoms with Crippen molar-refractivity contribution < 1.29 is 9.90 Å². The molecule has 4 heteroatoms. The number of hydrogen-bond acceptors (Lipinski definition) is 3. The van der Waals surface area contributed by atoms with Crippen LogP contribution in [0.4, 0.5) is 5.69 Å². The van der Waals surface area contributed by atoms with Gasteiger partial charge in [0.25, 0.3) is 0 Å². The zero-order chi connectivity index (χ0) is 17.4. The molecule has 2 aromatic rings. The molecule has 0 saturated heterocycles. The smallest absolute Gasteiger partial charge is 0.312 e. The second-order valence-corrected chi connectivity index (χ2v) is 7.35. The van der Waals surface area contributed by atoms with Crippen LogP contribution in [-0.4, -0.2) is 21.8 Å². The van der Waals surface area contributed by atoms with E-state index in [0.717, 1.165) is 66.5 Å².